The summed E-state index contributed by atoms with van der Waals surface area (Å²) >= 11 is 6.41. The molecule has 3 aromatic rings. The Hall–Kier alpha value is -2.40. The second kappa shape index (κ2) is 5.42. The molecule has 0 bridgehead atoms. The highest BCUT2D eigenvalue weighted by Gasteiger charge is 2.16. The van der Waals surface area contributed by atoms with E-state index in [-0.39, 0.29) is 0 Å². The van der Waals surface area contributed by atoms with Gasteiger partial charge in [-0.25, -0.2) is 0 Å². The summed E-state index contributed by atoms with van der Waals surface area (Å²) in [6.45, 7) is 2.30. The number of hydrogen-bond acceptors (Lipinski definition) is 4. The van der Waals surface area contributed by atoms with Gasteiger partial charge in [0.05, 0.1) is 23.6 Å². The highest BCUT2D eigenvalue weighted by molar-refractivity contribution is 6.35. The highest BCUT2D eigenvalue weighted by Crippen LogP contribution is 2.31. The molecule has 0 atom stereocenters. The number of benzene rings is 1. The van der Waals surface area contributed by atoms with Crippen molar-refractivity contribution < 1.29 is 0 Å². The van der Waals surface area contributed by atoms with Crippen LogP contribution in [0.2, 0.25) is 5.02 Å². The molecule has 2 aromatic heterocycles. The third-order valence-corrected chi connectivity index (χ3v) is 4.00. The van der Waals surface area contributed by atoms with Crippen molar-refractivity contribution in [2.24, 2.45) is 4.99 Å². The van der Waals surface area contributed by atoms with Gasteiger partial charge in [0.1, 0.15) is 11.5 Å². The predicted octanol–water partition coefficient (Wildman–Crippen LogP) is 2.75. The van der Waals surface area contributed by atoms with Crippen LogP contribution in [0.25, 0.3) is 22.2 Å². The van der Waals surface area contributed by atoms with Gasteiger partial charge in [0, 0.05) is 29.9 Å². The smallest absolute Gasteiger partial charge is 0.118 e. The lowest BCUT2D eigenvalue weighted by Crippen LogP contribution is -2.24. The van der Waals surface area contributed by atoms with E-state index >= 15 is 0 Å². The number of amidine groups is 1. The average Bonchev–Trinajstić information content (AvgIpc) is 3.17. The van der Waals surface area contributed by atoms with Gasteiger partial charge in [0.2, 0.25) is 0 Å². The first-order chi connectivity index (χ1) is 10.8. The first-order valence-electron chi connectivity index (χ1n) is 7.15. The quantitative estimate of drug-likeness (QED) is 0.809. The Bertz CT molecular complexity index is 854. The van der Waals surface area contributed by atoms with Crippen LogP contribution in [0.15, 0.2) is 47.7 Å². The number of nitrogens with zero attached hydrogens (tertiary/aromatic N) is 4. The van der Waals surface area contributed by atoms with Gasteiger partial charge in [0.25, 0.3) is 0 Å². The van der Waals surface area contributed by atoms with Crippen LogP contribution >= 0.6 is 11.6 Å². The molecule has 1 N–H and O–H groups in total. The number of aliphatic imine (C=N–C) groups is 1. The molecule has 0 fully saturated rings. The van der Waals surface area contributed by atoms with Gasteiger partial charge in [-0.1, -0.05) is 23.7 Å². The zero-order valence-electron chi connectivity index (χ0n) is 11.8. The topological polar surface area (TPSA) is 55.1 Å². The maximum atomic E-state index is 6.41. The van der Waals surface area contributed by atoms with E-state index < -0.39 is 0 Å². The van der Waals surface area contributed by atoms with Crippen LogP contribution in [0, 0.1) is 0 Å². The molecule has 0 aliphatic carbocycles. The lowest BCUT2D eigenvalue weighted by Gasteiger charge is -2.05. The number of pyridine rings is 1. The molecule has 0 saturated carbocycles. The maximum Gasteiger partial charge on any atom is 0.118 e. The van der Waals surface area contributed by atoms with E-state index in [0.29, 0.717) is 11.6 Å². The van der Waals surface area contributed by atoms with Crippen LogP contribution in [0.5, 0.6) is 0 Å². The number of para-hydroxylation sites is 1. The van der Waals surface area contributed by atoms with Crippen LogP contribution in [-0.4, -0.2) is 33.7 Å². The van der Waals surface area contributed by atoms with Gasteiger partial charge in [0.15, 0.2) is 0 Å². The SMILES string of the molecule is Clc1cccc2c(-c3cccnc3)nn(CC3=NCCN3)c12. The van der Waals surface area contributed by atoms with Crippen molar-refractivity contribution in [3.63, 3.8) is 0 Å². The van der Waals surface area contributed by atoms with Gasteiger partial charge in [-0.3, -0.25) is 14.7 Å². The Kier molecular flexibility index (Phi) is 3.27. The van der Waals surface area contributed by atoms with Crippen molar-refractivity contribution in [1.29, 1.82) is 0 Å². The number of fused-ring (bicyclic) bond motifs is 1. The van der Waals surface area contributed by atoms with E-state index in [4.69, 9.17) is 16.7 Å². The number of nitrogens with one attached hydrogen (secondary N) is 1. The van der Waals surface area contributed by atoms with E-state index in [2.05, 4.69) is 15.3 Å². The Labute approximate surface area is 132 Å². The molecule has 0 saturated heterocycles. The fraction of sp³-hybridized carbons (Fsp3) is 0.188. The molecule has 1 aliphatic rings. The third-order valence-electron chi connectivity index (χ3n) is 3.70. The summed E-state index contributed by atoms with van der Waals surface area (Å²) in [6.07, 6.45) is 3.57. The molecular weight excluding hydrogens is 298 g/mol. The number of halogens is 1. The fourth-order valence-electron chi connectivity index (χ4n) is 2.72. The fourth-order valence-corrected chi connectivity index (χ4v) is 2.99. The minimum Gasteiger partial charge on any atom is -0.370 e. The van der Waals surface area contributed by atoms with Crippen molar-refractivity contribution in [3.8, 4) is 11.3 Å². The Balaban J connectivity index is 1.89. The summed E-state index contributed by atoms with van der Waals surface area (Å²) in [6, 6.07) is 9.79. The summed E-state index contributed by atoms with van der Waals surface area (Å²) in [7, 11) is 0. The van der Waals surface area contributed by atoms with E-state index in [0.717, 1.165) is 41.1 Å². The molecular formula is C16H14ClN5. The minimum atomic E-state index is 0.598. The molecule has 0 radical (unpaired) electrons. The summed E-state index contributed by atoms with van der Waals surface area (Å²) < 4.78 is 1.91. The molecule has 22 heavy (non-hydrogen) atoms. The zero-order valence-corrected chi connectivity index (χ0v) is 12.6. The van der Waals surface area contributed by atoms with Crippen molar-refractivity contribution >= 4 is 28.3 Å². The normalized spacial score (nSPS) is 14.1. The van der Waals surface area contributed by atoms with E-state index in [1.54, 1.807) is 6.20 Å². The maximum absolute atomic E-state index is 6.41. The number of rotatable bonds is 3. The van der Waals surface area contributed by atoms with Crippen LogP contribution in [0.1, 0.15) is 0 Å². The molecule has 0 spiro atoms. The van der Waals surface area contributed by atoms with E-state index in [1.165, 1.54) is 0 Å². The van der Waals surface area contributed by atoms with Crippen molar-refractivity contribution in [2.45, 2.75) is 6.54 Å². The molecule has 0 unspecified atom stereocenters. The Morgan fingerprint density at radius 2 is 2.18 bits per heavy atom. The van der Waals surface area contributed by atoms with Gasteiger partial charge >= 0.3 is 0 Å². The largest absolute Gasteiger partial charge is 0.370 e. The Morgan fingerprint density at radius 3 is 2.95 bits per heavy atom. The molecule has 5 nitrogen and oxygen atoms in total. The van der Waals surface area contributed by atoms with E-state index in [9.17, 15) is 0 Å². The van der Waals surface area contributed by atoms with E-state index in [1.807, 2.05) is 41.2 Å². The molecule has 0 amide bonds. The summed E-state index contributed by atoms with van der Waals surface area (Å²) in [5.74, 6) is 0.946. The molecule has 4 rings (SSSR count). The molecule has 1 aromatic carbocycles. The second-order valence-electron chi connectivity index (χ2n) is 5.14. The number of hydrogen-bond donors (Lipinski definition) is 1. The molecule has 1 aliphatic heterocycles. The van der Waals surface area contributed by atoms with Crippen LogP contribution < -0.4 is 5.32 Å². The van der Waals surface area contributed by atoms with Crippen LogP contribution in [-0.2, 0) is 6.54 Å². The van der Waals surface area contributed by atoms with Gasteiger partial charge in [-0.05, 0) is 18.2 Å². The second-order valence-corrected chi connectivity index (χ2v) is 5.55. The first kappa shape index (κ1) is 13.3. The lowest BCUT2D eigenvalue weighted by atomic mass is 10.1. The lowest BCUT2D eigenvalue weighted by molar-refractivity contribution is 0.741. The standard InChI is InChI=1S/C16H14ClN5/c17-13-5-1-4-12-15(11-3-2-6-18-9-11)21-22(16(12)13)10-14-19-7-8-20-14/h1-6,9H,7-8,10H2,(H,19,20). The molecule has 3 heterocycles. The highest BCUT2D eigenvalue weighted by atomic mass is 35.5. The zero-order chi connectivity index (χ0) is 14.9. The summed E-state index contributed by atoms with van der Waals surface area (Å²) in [4.78, 5) is 8.62. The monoisotopic (exact) mass is 311 g/mol. The van der Waals surface area contributed by atoms with Gasteiger partial charge in [-0.15, -0.1) is 0 Å². The number of aromatic nitrogens is 3. The van der Waals surface area contributed by atoms with Crippen molar-refractivity contribution in [3.05, 3.63) is 47.7 Å². The minimum absolute atomic E-state index is 0.598. The van der Waals surface area contributed by atoms with Crippen LogP contribution in [0.3, 0.4) is 0 Å². The molecule has 6 heteroatoms. The van der Waals surface area contributed by atoms with Crippen molar-refractivity contribution in [1.82, 2.24) is 20.1 Å². The summed E-state index contributed by atoms with van der Waals surface area (Å²) in [5, 5.41) is 9.75. The Morgan fingerprint density at radius 1 is 1.23 bits per heavy atom. The first-order valence-corrected chi connectivity index (χ1v) is 7.53. The summed E-state index contributed by atoms with van der Waals surface area (Å²) in [5.41, 5.74) is 2.80. The van der Waals surface area contributed by atoms with Crippen LogP contribution in [0.4, 0.5) is 0 Å². The average molecular weight is 312 g/mol. The van der Waals surface area contributed by atoms with Gasteiger partial charge < -0.3 is 5.32 Å². The van der Waals surface area contributed by atoms with Crippen molar-refractivity contribution in [2.75, 3.05) is 13.1 Å². The predicted molar refractivity (Wildman–Crippen MR) is 88.3 cm³/mol. The van der Waals surface area contributed by atoms with Gasteiger partial charge in [-0.2, -0.15) is 5.10 Å². The molecule has 110 valence electrons. The third kappa shape index (κ3) is 2.23.